The van der Waals surface area contributed by atoms with E-state index in [1.54, 1.807) is 0 Å². The van der Waals surface area contributed by atoms with Gasteiger partial charge in [0.15, 0.2) is 6.29 Å². The van der Waals surface area contributed by atoms with Crippen molar-refractivity contribution in [2.45, 2.75) is 84.1 Å². The Morgan fingerprint density at radius 1 is 0.889 bits per heavy atom. The van der Waals surface area contributed by atoms with Crippen LogP contribution in [0.5, 0.6) is 0 Å². The lowest BCUT2D eigenvalue weighted by atomic mass is 9.99. The third kappa shape index (κ3) is 8.68. The molecule has 6 nitrogen and oxygen atoms in total. The molecule has 0 radical (unpaired) electrons. The SMILES string of the molecule is CC(C)=CCC/C(C)=C/CC/C(C)=C/COC1C(O)C(O)OC(CO)C1O. The molecule has 6 heteroatoms. The first kappa shape index (κ1) is 24.0. The Bertz CT molecular complexity index is 521. The highest BCUT2D eigenvalue weighted by atomic mass is 16.6. The van der Waals surface area contributed by atoms with E-state index in [0.717, 1.165) is 31.3 Å². The van der Waals surface area contributed by atoms with Crippen molar-refractivity contribution >= 4 is 0 Å². The molecule has 0 aliphatic carbocycles. The molecule has 27 heavy (non-hydrogen) atoms. The van der Waals surface area contributed by atoms with Crippen LogP contribution >= 0.6 is 0 Å². The fourth-order valence-electron chi connectivity index (χ4n) is 2.90. The van der Waals surface area contributed by atoms with Crippen LogP contribution in [0.1, 0.15) is 53.4 Å². The summed E-state index contributed by atoms with van der Waals surface area (Å²) in [4.78, 5) is 0. The maximum absolute atomic E-state index is 10.1. The molecule has 0 aromatic carbocycles. The number of aliphatic hydroxyl groups excluding tert-OH is 4. The second kappa shape index (κ2) is 12.4. The highest BCUT2D eigenvalue weighted by molar-refractivity contribution is 5.05. The molecular formula is C21H36O6. The monoisotopic (exact) mass is 384 g/mol. The van der Waals surface area contributed by atoms with Gasteiger partial charge in [-0.05, 0) is 53.4 Å². The molecule has 1 fully saturated rings. The molecule has 1 heterocycles. The highest BCUT2D eigenvalue weighted by Gasteiger charge is 2.44. The summed E-state index contributed by atoms with van der Waals surface area (Å²) in [5.74, 6) is 0. The van der Waals surface area contributed by atoms with Gasteiger partial charge in [-0.2, -0.15) is 0 Å². The Kier molecular flexibility index (Phi) is 11.1. The van der Waals surface area contributed by atoms with Crippen molar-refractivity contribution in [1.29, 1.82) is 0 Å². The number of rotatable bonds is 10. The molecular weight excluding hydrogens is 348 g/mol. The third-order valence-electron chi connectivity index (χ3n) is 4.68. The predicted octanol–water partition coefficient (Wildman–Crippen LogP) is 2.22. The fraction of sp³-hybridized carbons (Fsp3) is 0.714. The van der Waals surface area contributed by atoms with Crippen LogP contribution in [0.25, 0.3) is 0 Å². The number of hydrogen-bond acceptors (Lipinski definition) is 6. The first-order valence-corrected chi connectivity index (χ1v) is 9.63. The molecule has 0 saturated carbocycles. The maximum Gasteiger partial charge on any atom is 0.184 e. The molecule has 156 valence electrons. The highest BCUT2D eigenvalue weighted by Crippen LogP contribution is 2.22. The standard InChI is InChI=1S/C21H36O6/c1-14(2)7-5-8-15(3)9-6-10-16(4)11-12-26-20-18(23)17(13-22)27-21(25)19(20)24/h7,9,11,17-25H,5-6,8,10,12-13H2,1-4H3/b15-9+,16-11+. The molecule has 1 saturated heterocycles. The summed E-state index contributed by atoms with van der Waals surface area (Å²) in [6.45, 7) is 8.13. The average molecular weight is 385 g/mol. The molecule has 1 aliphatic rings. The average Bonchev–Trinajstić information content (AvgIpc) is 2.60. The molecule has 0 aromatic heterocycles. The molecule has 1 aliphatic heterocycles. The van der Waals surface area contributed by atoms with Crippen LogP contribution in [-0.4, -0.2) is 64.3 Å². The lowest BCUT2D eigenvalue weighted by Gasteiger charge is -2.39. The van der Waals surface area contributed by atoms with E-state index in [-0.39, 0.29) is 6.61 Å². The Balaban J connectivity index is 2.40. The molecule has 0 amide bonds. The lowest BCUT2D eigenvalue weighted by molar-refractivity contribution is -0.292. The van der Waals surface area contributed by atoms with E-state index in [4.69, 9.17) is 14.6 Å². The second-order valence-electron chi connectivity index (χ2n) is 7.49. The van der Waals surface area contributed by atoms with Gasteiger partial charge in [0.2, 0.25) is 0 Å². The normalized spacial score (nSPS) is 29.7. The number of allylic oxidation sites excluding steroid dienone is 5. The van der Waals surface area contributed by atoms with Crippen LogP contribution in [0, 0.1) is 0 Å². The summed E-state index contributed by atoms with van der Waals surface area (Å²) < 4.78 is 10.5. The van der Waals surface area contributed by atoms with Crippen molar-refractivity contribution in [3.8, 4) is 0 Å². The van der Waals surface area contributed by atoms with Gasteiger partial charge < -0.3 is 29.9 Å². The fourth-order valence-corrected chi connectivity index (χ4v) is 2.90. The maximum atomic E-state index is 10.1. The number of hydrogen-bond donors (Lipinski definition) is 4. The smallest absolute Gasteiger partial charge is 0.184 e. The zero-order chi connectivity index (χ0) is 20.4. The van der Waals surface area contributed by atoms with Gasteiger partial charge in [-0.15, -0.1) is 0 Å². The van der Waals surface area contributed by atoms with E-state index in [1.165, 1.54) is 11.1 Å². The van der Waals surface area contributed by atoms with E-state index >= 15 is 0 Å². The van der Waals surface area contributed by atoms with E-state index in [0.29, 0.717) is 0 Å². The molecule has 4 N–H and O–H groups in total. The molecule has 5 unspecified atom stereocenters. The van der Waals surface area contributed by atoms with Crippen LogP contribution in [-0.2, 0) is 9.47 Å². The Morgan fingerprint density at radius 3 is 2.07 bits per heavy atom. The predicted molar refractivity (Wildman–Crippen MR) is 105 cm³/mol. The summed E-state index contributed by atoms with van der Waals surface area (Å²) in [5.41, 5.74) is 3.88. The van der Waals surface area contributed by atoms with Gasteiger partial charge in [0, 0.05) is 0 Å². The van der Waals surface area contributed by atoms with Gasteiger partial charge in [0.25, 0.3) is 0 Å². The summed E-state index contributed by atoms with van der Waals surface area (Å²) >= 11 is 0. The summed E-state index contributed by atoms with van der Waals surface area (Å²) in [6.07, 6.45) is 4.39. The van der Waals surface area contributed by atoms with Crippen molar-refractivity contribution in [3.05, 3.63) is 34.9 Å². The van der Waals surface area contributed by atoms with Crippen LogP contribution < -0.4 is 0 Å². The van der Waals surface area contributed by atoms with E-state index in [2.05, 4.69) is 32.9 Å². The van der Waals surface area contributed by atoms with Gasteiger partial charge in [-0.3, -0.25) is 0 Å². The minimum absolute atomic E-state index is 0.207. The summed E-state index contributed by atoms with van der Waals surface area (Å²) in [5, 5.41) is 38.8. The van der Waals surface area contributed by atoms with Gasteiger partial charge >= 0.3 is 0 Å². The van der Waals surface area contributed by atoms with Gasteiger partial charge in [0.1, 0.15) is 24.4 Å². The molecule has 1 rings (SSSR count). The molecule has 5 atom stereocenters. The third-order valence-corrected chi connectivity index (χ3v) is 4.68. The van der Waals surface area contributed by atoms with Gasteiger partial charge in [0.05, 0.1) is 13.2 Å². The first-order valence-electron chi connectivity index (χ1n) is 9.63. The minimum Gasteiger partial charge on any atom is -0.394 e. The zero-order valence-corrected chi connectivity index (χ0v) is 17.0. The van der Waals surface area contributed by atoms with Crippen LogP contribution in [0.3, 0.4) is 0 Å². The quantitative estimate of drug-likeness (QED) is 0.431. The van der Waals surface area contributed by atoms with Crippen molar-refractivity contribution in [3.63, 3.8) is 0 Å². The lowest BCUT2D eigenvalue weighted by Crippen LogP contribution is -2.59. The Labute approximate surface area is 162 Å². The van der Waals surface area contributed by atoms with Crippen LogP contribution in [0.15, 0.2) is 34.9 Å². The van der Waals surface area contributed by atoms with Crippen LogP contribution in [0.4, 0.5) is 0 Å². The molecule has 0 aromatic rings. The van der Waals surface area contributed by atoms with Gasteiger partial charge in [-0.1, -0.05) is 34.9 Å². The Hall–Kier alpha value is -1.02. The van der Waals surface area contributed by atoms with Crippen molar-refractivity contribution in [2.24, 2.45) is 0 Å². The molecule has 0 spiro atoms. The zero-order valence-electron chi connectivity index (χ0n) is 17.0. The van der Waals surface area contributed by atoms with E-state index < -0.39 is 37.3 Å². The largest absolute Gasteiger partial charge is 0.394 e. The van der Waals surface area contributed by atoms with Crippen molar-refractivity contribution in [2.75, 3.05) is 13.2 Å². The van der Waals surface area contributed by atoms with Crippen LogP contribution in [0.2, 0.25) is 0 Å². The van der Waals surface area contributed by atoms with E-state index in [9.17, 15) is 15.3 Å². The Morgan fingerprint density at radius 2 is 1.48 bits per heavy atom. The van der Waals surface area contributed by atoms with Gasteiger partial charge in [-0.25, -0.2) is 0 Å². The number of ether oxygens (including phenoxy) is 2. The van der Waals surface area contributed by atoms with Crippen molar-refractivity contribution < 1.29 is 29.9 Å². The molecule has 0 bridgehead atoms. The van der Waals surface area contributed by atoms with E-state index in [1.807, 2.05) is 13.0 Å². The summed E-state index contributed by atoms with van der Waals surface area (Å²) in [7, 11) is 0. The summed E-state index contributed by atoms with van der Waals surface area (Å²) in [6, 6.07) is 0. The minimum atomic E-state index is -1.49. The first-order chi connectivity index (χ1) is 12.8. The number of aliphatic hydroxyl groups is 4. The second-order valence-corrected chi connectivity index (χ2v) is 7.49. The topological polar surface area (TPSA) is 99.4 Å². The van der Waals surface area contributed by atoms with Crippen molar-refractivity contribution in [1.82, 2.24) is 0 Å².